The Morgan fingerprint density at radius 2 is 2.11 bits per heavy atom. The molecular weight excluding hydrogens is 303 g/mol. The van der Waals surface area contributed by atoms with Gasteiger partial charge in [0.05, 0.1) is 16.3 Å². The monoisotopic (exact) mass is 314 g/mol. The Kier molecular flexibility index (Phi) is 4.74. The number of aromatic amines is 1. The zero-order chi connectivity index (χ0) is 13.8. The van der Waals surface area contributed by atoms with E-state index in [4.69, 9.17) is 35.4 Å². The van der Waals surface area contributed by atoms with E-state index in [2.05, 4.69) is 22.2 Å². The van der Waals surface area contributed by atoms with Crippen LogP contribution in [0.25, 0.3) is 0 Å². The van der Waals surface area contributed by atoms with Gasteiger partial charge in [-0.25, -0.2) is 0 Å². The van der Waals surface area contributed by atoms with Crippen LogP contribution in [-0.4, -0.2) is 21.1 Å². The molecule has 1 aromatic heterocycles. The Balaban J connectivity index is 2.38. The zero-order valence-corrected chi connectivity index (χ0v) is 12.6. The Morgan fingerprint density at radius 1 is 1.42 bits per heavy atom. The summed E-state index contributed by atoms with van der Waals surface area (Å²) in [6, 6.07) is 5.31. The summed E-state index contributed by atoms with van der Waals surface area (Å²) >= 11 is 17.3. The lowest BCUT2D eigenvalue weighted by atomic mass is 10.2. The van der Waals surface area contributed by atoms with Crippen LogP contribution in [0.2, 0.25) is 10.0 Å². The van der Waals surface area contributed by atoms with E-state index in [1.54, 1.807) is 29.1 Å². The van der Waals surface area contributed by atoms with Crippen LogP contribution in [0.5, 0.6) is 0 Å². The molecule has 1 heterocycles. The molecule has 0 bridgehead atoms. The Hall–Kier alpha value is -1.17. The highest BCUT2D eigenvalue weighted by molar-refractivity contribution is 7.71. The molecule has 0 fully saturated rings. The molecule has 1 N–H and O–H groups in total. The van der Waals surface area contributed by atoms with E-state index < -0.39 is 0 Å². The van der Waals surface area contributed by atoms with Gasteiger partial charge in [0.2, 0.25) is 4.77 Å². The normalized spacial score (nSPS) is 11.3. The summed E-state index contributed by atoms with van der Waals surface area (Å²) in [4.78, 5) is 0. The van der Waals surface area contributed by atoms with Gasteiger partial charge in [-0.05, 0) is 30.8 Å². The summed E-state index contributed by atoms with van der Waals surface area (Å²) in [7, 11) is 0. The van der Waals surface area contributed by atoms with Gasteiger partial charge in [0.25, 0.3) is 0 Å². The molecule has 0 atom stereocenters. The molecule has 19 heavy (non-hydrogen) atoms. The van der Waals surface area contributed by atoms with Gasteiger partial charge in [-0.3, -0.25) is 5.10 Å². The summed E-state index contributed by atoms with van der Waals surface area (Å²) in [6.07, 6.45) is 3.35. The van der Waals surface area contributed by atoms with Crippen LogP contribution in [-0.2, 0) is 6.42 Å². The minimum atomic E-state index is 0.447. The molecule has 0 aliphatic rings. The fourth-order valence-electron chi connectivity index (χ4n) is 1.58. The van der Waals surface area contributed by atoms with E-state index >= 15 is 0 Å². The number of H-pyrrole nitrogens is 1. The predicted molar refractivity (Wildman–Crippen MR) is 80.9 cm³/mol. The highest BCUT2D eigenvalue weighted by Gasteiger charge is 2.05. The van der Waals surface area contributed by atoms with E-state index in [1.165, 1.54) is 0 Å². The average molecular weight is 315 g/mol. The summed E-state index contributed by atoms with van der Waals surface area (Å²) < 4.78 is 2.03. The third-order valence-electron chi connectivity index (χ3n) is 2.49. The number of halogens is 2. The zero-order valence-electron chi connectivity index (χ0n) is 10.2. The van der Waals surface area contributed by atoms with Gasteiger partial charge in [-0.15, -0.1) is 0 Å². The van der Waals surface area contributed by atoms with Crippen LogP contribution in [0, 0.1) is 4.77 Å². The molecule has 1 aromatic carbocycles. The molecule has 0 radical (unpaired) electrons. The van der Waals surface area contributed by atoms with Crippen molar-refractivity contribution in [2.75, 3.05) is 0 Å². The molecule has 100 valence electrons. The van der Waals surface area contributed by atoms with E-state index in [1.807, 2.05) is 0 Å². The predicted octanol–water partition coefficient (Wildman–Crippen LogP) is 4.08. The number of benzene rings is 1. The second kappa shape index (κ2) is 6.32. The van der Waals surface area contributed by atoms with E-state index in [0.717, 1.165) is 18.7 Å². The van der Waals surface area contributed by atoms with Crippen molar-refractivity contribution in [1.82, 2.24) is 14.9 Å². The molecule has 0 aliphatic heterocycles. The smallest absolute Gasteiger partial charge is 0.216 e. The lowest BCUT2D eigenvalue weighted by Gasteiger charge is -2.01. The lowest BCUT2D eigenvalue weighted by molar-refractivity contribution is 0.740. The Morgan fingerprint density at radius 3 is 2.74 bits per heavy atom. The maximum absolute atomic E-state index is 6.08. The number of aromatic nitrogens is 3. The molecular formula is C12H12Cl2N4S. The van der Waals surface area contributed by atoms with Gasteiger partial charge in [-0.1, -0.05) is 36.2 Å². The molecule has 0 amide bonds. The number of aryl methyl sites for hydroxylation is 1. The van der Waals surface area contributed by atoms with E-state index in [-0.39, 0.29) is 0 Å². The standard InChI is InChI=1S/C12H12Cl2N4S/c1-2-4-11-16-17-12(19)18(11)15-7-8-9(13)5-3-6-10(8)14/h3,5-7H,2,4H2,1H3,(H,17,19). The summed E-state index contributed by atoms with van der Waals surface area (Å²) in [5.74, 6) is 0.784. The van der Waals surface area contributed by atoms with Crippen LogP contribution in [0.1, 0.15) is 24.7 Å². The molecule has 7 heteroatoms. The first-order valence-corrected chi connectivity index (χ1v) is 6.94. The first-order chi connectivity index (χ1) is 9.13. The molecule has 2 aromatic rings. The second-order valence-corrected chi connectivity index (χ2v) is 5.09. The molecule has 2 rings (SSSR count). The Labute approximate surface area is 126 Å². The second-order valence-electron chi connectivity index (χ2n) is 3.89. The average Bonchev–Trinajstić information content (AvgIpc) is 2.71. The van der Waals surface area contributed by atoms with Crippen LogP contribution in [0.3, 0.4) is 0 Å². The number of nitrogens with one attached hydrogen (secondary N) is 1. The van der Waals surface area contributed by atoms with Crippen molar-refractivity contribution in [1.29, 1.82) is 0 Å². The van der Waals surface area contributed by atoms with Crippen molar-refractivity contribution < 1.29 is 0 Å². The van der Waals surface area contributed by atoms with Gasteiger partial charge in [0, 0.05) is 12.0 Å². The molecule has 4 nitrogen and oxygen atoms in total. The number of hydrogen-bond acceptors (Lipinski definition) is 3. The van der Waals surface area contributed by atoms with E-state index in [0.29, 0.717) is 20.4 Å². The largest absolute Gasteiger partial charge is 0.250 e. The van der Waals surface area contributed by atoms with Gasteiger partial charge in [0.1, 0.15) is 0 Å². The van der Waals surface area contributed by atoms with Crippen molar-refractivity contribution in [3.63, 3.8) is 0 Å². The van der Waals surface area contributed by atoms with Gasteiger partial charge in [0.15, 0.2) is 5.82 Å². The fraction of sp³-hybridized carbons (Fsp3) is 0.250. The van der Waals surface area contributed by atoms with Crippen LogP contribution in [0.4, 0.5) is 0 Å². The number of nitrogens with zero attached hydrogens (tertiary/aromatic N) is 3. The summed E-state index contributed by atoms with van der Waals surface area (Å²) in [5, 5.41) is 12.2. The quantitative estimate of drug-likeness (QED) is 0.682. The lowest BCUT2D eigenvalue weighted by Crippen LogP contribution is -1.99. The first-order valence-electron chi connectivity index (χ1n) is 5.78. The highest BCUT2D eigenvalue weighted by Crippen LogP contribution is 2.22. The minimum absolute atomic E-state index is 0.447. The fourth-order valence-corrected chi connectivity index (χ4v) is 2.27. The van der Waals surface area contributed by atoms with Gasteiger partial charge >= 0.3 is 0 Å². The topological polar surface area (TPSA) is 46.0 Å². The maximum Gasteiger partial charge on any atom is 0.216 e. The van der Waals surface area contributed by atoms with Gasteiger partial charge < -0.3 is 0 Å². The third-order valence-corrected chi connectivity index (χ3v) is 3.42. The van der Waals surface area contributed by atoms with Crippen molar-refractivity contribution in [3.8, 4) is 0 Å². The molecule has 0 aliphatic carbocycles. The van der Waals surface area contributed by atoms with Crippen LogP contribution in [0.15, 0.2) is 23.3 Å². The van der Waals surface area contributed by atoms with E-state index in [9.17, 15) is 0 Å². The van der Waals surface area contributed by atoms with Crippen molar-refractivity contribution in [2.24, 2.45) is 5.10 Å². The van der Waals surface area contributed by atoms with Crippen LogP contribution < -0.4 is 0 Å². The number of rotatable bonds is 4. The summed E-state index contributed by atoms with van der Waals surface area (Å²) in [5.41, 5.74) is 0.663. The SMILES string of the molecule is CCCc1n[nH]c(=S)n1N=Cc1c(Cl)cccc1Cl. The minimum Gasteiger partial charge on any atom is -0.250 e. The van der Waals surface area contributed by atoms with Crippen molar-refractivity contribution in [2.45, 2.75) is 19.8 Å². The maximum atomic E-state index is 6.08. The molecule has 0 saturated carbocycles. The van der Waals surface area contributed by atoms with Gasteiger partial charge in [-0.2, -0.15) is 14.9 Å². The van der Waals surface area contributed by atoms with Crippen molar-refractivity contribution in [3.05, 3.63) is 44.4 Å². The molecule has 0 saturated heterocycles. The van der Waals surface area contributed by atoms with Crippen LogP contribution >= 0.6 is 35.4 Å². The molecule has 0 unspecified atom stereocenters. The third kappa shape index (κ3) is 3.23. The van der Waals surface area contributed by atoms with Crippen molar-refractivity contribution >= 4 is 41.6 Å². The first kappa shape index (κ1) is 14.2. The summed E-state index contributed by atoms with van der Waals surface area (Å²) in [6.45, 7) is 2.07. The Bertz CT molecular complexity index is 640. The number of hydrogen-bond donors (Lipinski definition) is 1. The molecule has 0 spiro atoms. The highest BCUT2D eigenvalue weighted by atomic mass is 35.5.